The normalized spacial score (nSPS) is 18.6. The number of fused-ring (bicyclic) bond motifs is 1. The van der Waals surface area contributed by atoms with E-state index in [-0.39, 0.29) is 12.0 Å². The van der Waals surface area contributed by atoms with E-state index in [1.165, 1.54) is 0 Å². The minimum Gasteiger partial charge on any atom is -0.368 e. The zero-order valence-electron chi connectivity index (χ0n) is 17.6. The Hall–Kier alpha value is -2.85. The fourth-order valence-electron chi connectivity index (χ4n) is 4.16. The van der Waals surface area contributed by atoms with Crippen molar-refractivity contribution in [3.05, 3.63) is 45.6 Å². The first-order valence-electron chi connectivity index (χ1n) is 10.6. The van der Waals surface area contributed by atoms with Crippen LogP contribution in [-0.4, -0.2) is 55.7 Å². The topological polar surface area (TPSA) is 109 Å². The Labute approximate surface area is 184 Å². The summed E-state index contributed by atoms with van der Waals surface area (Å²) in [5, 5.41) is 11.4. The number of morpholine rings is 1. The molecule has 0 bridgehead atoms. The Balaban J connectivity index is 1.34. The van der Waals surface area contributed by atoms with Crippen LogP contribution in [0.1, 0.15) is 57.1 Å². The molecule has 2 aliphatic rings. The summed E-state index contributed by atoms with van der Waals surface area (Å²) in [5.41, 5.74) is 3.52. The lowest BCUT2D eigenvalue weighted by atomic mass is 9.95. The van der Waals surface area contributed by atoms with E-state index >= 15 is 0 Å². The molecule has 9 nitrogen and oxygen atoms in total. The number of ether oxygens (including phenoxy) is 1. The van der Waals surface area contributed by atoms with Gasteiger partial charge in [0, 0.05) is 34.9 Å². The first-order chi connectivity index (χ1) is 15.1. The standard InChI is InChI=1S/C21H25N7O2S/c1-12-10-22-21(31-12)25-18-9-16(23-13(2)24-18)17-11-28(7-8-30-17)20(29)19-14-5-3-4-6-15(14)26-27-19/h9-10,17H,3-8,11H2,1-2H3,(H,26,27)(H,22,23,24,25). The molecule has 2 N–H and O–H groups in total. The number of carbonyl (C=O) groups is 1. The third-order valence-corrected chi connectivity index (χ3v) is 6.48. The third-order valence-electron chi connectivity index (χ3n) is 5.66. The number of rotatable bonds is 4. The Bertz CT molecular complexity index is 1110. The molecular weight excluding hydrogens is 414 g/mol. The molecule has 1 atom stereocenters. The van der Waals surface area contributed by atoms with E-state index in [1.807, 2.05) is 31.0 Å². The van der Waals surface area contributed by atoms with Gasteiger partial charge in [-0.2, -0.15) is 5.10 Å². The highest BCUT2D eigenvalue weighted by Gasteiger charge is 2.31. The van der Waals surface area contributed by atoms with E-state index < -0.39 is 0 Å². The van der Waals surface area contributed by atoms with Crippen LogP contribution in [0, 0.1) is 13.8 Å². The second-order valence-corrected chi connectivity index (χ2v) is 9.21. The van der Waals surface area contributed by atoms with Crippen LogP contribution < -0.4 is 5.32 Å². The molecule has 0 radical (unpaired) electrons. The second kappa shape index (κ2) is 8.35. The van der Waals surface area contributed by atoms with E-state index in [1.54, 1.807) is 11.3 Å². The predicted octanol–water partition coefficient (Wildman–Crippen LogP) is 3.11. The molecule has 1 saturated heterocycles. The van der Waals surface area contributed by atoms with Crippen LogP contribution in [0.4, 0.5) is 10.9 Å². The lowest BCUT2D eigenvalue weighted by Crippen LogP contribution is -2.43. The van der Waals surface area contributed by atoms with Gasteiger partial charge < -0.3 is 15.0 Å². The van der Waals surface area contributed by atoms with Crippen molar-refractivity contribution in [1.82, 2.24) is 30.0 Å². The van der Waals surface area contributed by atoms with E-state index in [0.29, 0.717) is 37.0 Å². The largest absolute Gasteiger partial charge is 0.368 e. The summed E-state index contributed by atoms with van der Waals surface area (Å²) in [7, 11) is 0. The molecule has 162 valence electrons. The van der Waals surface area contributed by atoms with Gasteiger partial charge in [-0.25, -0.2) is 15.0 Å². The van der Waals surface area contributed by atoms with Gasteiger partial charge in [-0.15, -0.1) is 11.3 Å². The SMILES string of the molecule is Cc1nc(Nc2ncc(C)s2)cc(C2CN(C(=O)c3n[nH]c4c3CCCC4)CCO2)n1. The van der Waals surface area contributed by atoms with Gasteiger partial charge >= 0.3 is 0 Å². The molecule has 0 aromatic carbocycles. The summed E-state index contributed by atoms with van der Waals surface area (Å²) in [6.07, 6.45) is 5.64. The van der Waals surface area contributed by atoms with Gasteiger partial charge in [-0.05, 0) is 39.5 Å². The zero-order valence-corrected chi connectivity index (χ0v) is 18.5. The highest BCUT2D eigenvalue weighted by molar-refractivity contribution is 7.15. The average molecular weight is 440 g/mol. The van der Waals surface area contributed by atoms with Gasteiger partial charge in [0.25, 0.3) is 5.91 Å². The monoisotopic (exact) mass is 439 g/mol. The van der Waals surface area contributed by atoms with Gasteiger partial charge in [0.15, 0.2) is 10.8 Å². The Morgan fingerprint density at radius 1 is 1.29 bits per heavy atom. The van der Waals surface area contributed by atoms with Crippen molar-refractivity contribution in [2.45, 2.75) is 45.6 Å². The molecule has 1 amide bonds. The van der Waals surface area contributed by atoms with Crippen molar-refractivity contribution >= 4 is 28.2 Å². The van der Waals surface area contributed by atoms with Crippen LogP contribution in [0.15, 0.2) is 12.3 Å². The number of aryl methyl sites for hydroxylation is 3. The Morgan fingerprint density at radius 2 is 2.16 bits per heavy atom. The number of nitrogens with one attached hydrogen (secondary N) is 2. The Morgan fingerprint density at radius 3 is 3.00 bits per heavy atom. The molecule has 1 aliphatic carbocycles. The summed E-state index contributed by atoms with van der Waals surface area (Å²) >= 11 is 1.57. The van der Waals surface area contributed by atoms with E-state index in [0.717, 1.165) is 52.6 Å². The smallest absolute Gasteiger partial charge is 0.274 e. The molecule has 1 aliphatic heterocycles. The minimum atomic E-state index is -0.312. The number of nitrogens with zero attached hydrogens (tertiary/aromatic N) is 5. The molecule has 31 heavy (non-hydrogen) atoms. The van der Waals surface area contributed by atoms with Gasteiger partial charge in [0.1, 0.15) is 17.7 Å². The molecule has 5 rings (SSSR count). The number of thiazole rings is 1. The molecule has 4 heterocycles. The van der Waals surface area contributed by atoms with Crippen LogP contribution >= 0.6 is 11.3 Å². The molecule has 3 aromatic rings. The van der Waals surface area contributed by atoms with Gasteiger partial charge in [-0.1, -0.05) is 0 Å². The van der Waals surface area contributed by atoms with Crippen molar-refractivity contribution in [3.63, 3.8) is 0 Å². The van der Waals surface area contributed by atoms with Gasteiger partial charge in [-0.3, -0.25) is 9.89 Å². The lowest BCUT2D eigenvalue weighted by molar-refractivity contribution is -0.0250. The first kappa shape index (κ1) is 20.1. The summed E-state index contributed by atoms with van der Waals surface area (Å²) in [4.78, 5) is 29.6. The van der Waals surface area contributed by atoms with E-state index in [4.69, 9.17) is 4.74 Å². The van der Waals surface area contributed by atoms with Crippen molar-refractivity contribution < 1.29 is 9.53 Å². The molecule has 1 unspecified atom stereocenters. The predicted molar refractivity (Wildman–Crippen MR) is 117 cm³/mol. The number of H-pyrrole nitrogens is 1. The Kier molecular flexibility index (Phi) is 5.41. The molecule has 3 aromatic heterocycles. The highest BCUT2D eigenvalue weighted by Crippen LogP contribution is 2.28. The minimum absolute atomic E-state index is 0.0323. The van der Waals surface area contributed by atoms with E-state index in [2.05, 4.69) is 30.5 Å². The van der Waals surface area contributed by atoms with Gasteiger partial charge in [0.2, 0.25) is 0 Å². The number of amides is 1. The van der Waals surface area contributed by atoms with Crippen molar-refractivity contribution in [2.75, 3.05) is 25.0 Å². The summed E-state index contributed by atoms with van der Waals surface area (Å²) in [5.74, 6) is 1.28. The quantitative estimate of drug-likeness (QED) is 0.643. The fourth-order valence-corrected chi connectivity index (χ4v) is 4.83. The van der Waals surface area contributed by atoms with Crippen LogP contribution in [-0.2, 0) is 17.6 Å². The van der Waals surface area contributed by atoms with Crippen molar-refractivity contribution in [1.29, 1.82) is 0 Å². The number of aromatic nitrogens is 5. The summed E-state index contributed by atoms with van der Waals surface area (Å²) in [6, 6.07) is 1.87. The van der Waals surface area contributed by atoms with E-state index in [9.17, 15) is 4.79 Å². The maximum atomic E-state index is 13.2. The van der Waals surface area contributed by atoms with Gasteiger partial charge in [0.05, 0.1) is 18.8 Å². The number of hydrogen-bond acceptors (Lipinski definition) is 8. The first-order valence-corrected chi connectivity index (χ1v) is 11.4. The molecular formula is C21H25N7O2S. The van der Waals surface area contributed by atoms with Crippen LogP contribution in [0.25, 0.3) is 0 Å². The maximum Gasteiger partial charge on any atom is 0.274 e. The van der Waals surface area contributed by atoms with Crippen LogP contribution in [0.2, 0.25) is 0 Å². The van der Waals surface area contributed by atoms with Crippen LogP contribution in [0.3, 0.4) is 0 Å². The number of carbonyl (C=O) groups excluding carboxylic acids is 1. The summed E-state index contributed by atoms with van der Waals surface area (Å²) < 4.78 is 5.99. The number of aromatic amines is 1. The number of hydrogen-bond donors (Lipinski definition) is 2. The molecule has 1 fully saturated rings. The average Bonchev–Trinajstić information content (AvgIpc) is 3.39. The lowest BCUT2D eigenvalue weighted by Gasteiger charge is -2.32. The van der Waals surface area contributed by atoms with Crippen LogP contribution in [0.5, 0.6) is 0 Å². The number of anilines is 2. The molecule has 0 spiro atoms. The molecule has 10 heteroatoms. The third kappa shape index (κ3) is 4.17. The van der Waals surface area contributed by atoms with Crippen molar-refractivity contribution in [2.24, 2.45) is 0 Å². The molecule has 0 saturated carbocycles. The highest BCUT2D eigenvalue weighted by atomic mass is 32.1. The van der Waals surface area contributed by atoms with Crippen molar-refractivity contribution in [3.8, 4) is 0 Å². The maximum absolute atomic E-state index is 13.2. The second-order valence-electron chi connectivity index (χ2n) is 7.97. The zero-order chi connectivity index (χ0) is 21.4. The summed E-state index contributed by atoms with van der Waals surface area (Å²) in [6.45, 7) is 5.30. The fraction of sp³-hybridized carbons (Fsp3) is 0.476.